The van der Waals surface area contributed by atoms with E-state index in [-0.39, 0.29) is 12.1 Å². The van der Waals surface area contributed by atoms with Crippen LogP contribution in [0.25, 0.3) is 0 Å². The fourth-order valence-corrected chi connectivity index (χ4v) is 2.99. The molecule has 0 radical (unpaired) electrons. The van der Waals surface area contributed by atoms with Gasteiger partial charge in [-0.1, -0.05) is 30.3 Å². The molecule has 112 valence electrons. The molecule has 1 unspecified atom stereocenters. The Labute approximate surface area is 130 Å². The molecule has 0 saturated carbocycles. The minimum Gasteiger partial charge on any atom is -0.491 e. The zero-order chi connectivity index (χ0) is 15.1. The van der Waals surface area contributed by atoms with E-state index in [1.54, 1.807) is 11.8 Å². The lowest BCUT2D eigenvalue weighted by Crippen LogP contribution is -2.29. The first-order valence-electron chi connectivity index (χ1n) is 7.09. The van der Waals surface area contributed by atoms with Gasteiger partial charge in [-0.3, -0.25) is 11.3 Å². The number of benzene rings is 2. The van der Waals surface area contributed by atoms with Crippen molar-refractivity contribution >= 4 is 11.8 Å². The first kappa shape index (κ1) is 15.9. The molecule has 3 N–H and O–H groups in total. The van der Waals surface area contributed by atoms with Crippen LogP contribution in [-0.2, 0) is 0 Å². The maximum atomic E-state index is 5.69. The van der Waals surface area contributed by atoms with Gasteiger partial charge >= 0.3 is 0 Å². The van der Waals surface area contributed by atoms with E-state index >= 15 is 0 Å². The van der Waals surface area contributed by atoms with Gasteiger partial charge in [0.2, 0.25) is 0 Å². The SMILES string of the molecule is CC(C)Oc1ccc(C(CSc2ccccc2)NN)cc1. The van der Waals surface area contributed by atoms with Crippen LogP contribution in [-0.4, -0.2) is 11.9 Å². The number of thioether (sulfide) groups is 1. The number of hydrazine groups is 1. The molecular weight excluding hydrogens is 280 g/mol. The van der Waals surface area contributed by atoms with E-state index in [0.717, 1.165) is 17.1 Å². The lowest BCUT2D eigenvalue weighted by molar-refractivity contribution is 0.242. The predicted molar refractivity (Wildman–Crippen MR) is 89.4 cm³/mol. The molecular formula is C17H22N2OS. The summed E-state index contributed by atoms with van der Waals surface area (Å²) in [6.45, 7) is 4.04. The van der Waals surface area contributed by atoms with Crippen molar-refractivity contribution in [3.8, 4) is 5.75 Å². The van der Waals surface area contributed by atoms with E-state index in [1.807, 2.05) is 44.2 Å². The Morgan fingerprint density at radius 3 is 2.29 bits per heavy atom. The first-order chi connectivity index (χ1) is 10.2. The Morgan fingerprint density at radius 1 is 1.05 bits per heavy atom. The van der Waals surface area contributed by atoms with Crippen LogP contribution in [0.3, 0.4) is 0 Å². The van der Waals surface area contributed by atoms with E-state index in [0.29, 0.717) is 0 Å². The molecule has 0 aliphatic carbocycles. The Hall–Kier alpha value is -1.49. The zero-order valence-corrected chi connectivity index (χ0v) is 13.3. The molecule has 2 aromatic rings. The van der Waals surface area contributed by atoms with Gasteiger partial charge in [0, 0.05) is 10.6 Å². The molecule has 3 nitrogen and oxygen atoms in total. The topological polar surface area (TPSA) is 47.3 Å². The molecule has 0 bridgehead atoms. The summed E-state index contributed by atoms with van der Waals surface area (Å²) in [6.07, 6.45) is 0.188. The summed E-state index contributed by atoms with van der Waals surface area (Å²) < 4.78 is 5.65. The van der Waals surface area contributed by atoms with Crippen LogP contribution < -0.4 is 16.0 Å². The molecule has 2 aromatic carbocycles. The standard InChI is InChI=1S/C17H22N2OS/c1-13(2)20-15-10-8-14(9-11-15)17(19-18)12-21-16-6-4-3-5-7-16/h3-11,13,17,19H,12,18H2,1-2H3. The molecule has 1 atom stereocenters. The number of hydrogen-bond donors (Lipinski definition) is 2. The van der Waals surface area contributed by atoms with Gasteiger partial charge in [0.05, 0.1) is 12.1 Å². The normalized spacial score (nSPS) is 12.4. The third-order valence-corrected chi connectivity index (χ3v) is 4.12. The zero-order valence-electron chi connectivity index (χ0n) is 12.5. The second-order valence-electron chi connectivity index (χ2n) is 5.08. The second-order valence-corrected chi connectivity index (χ2v) is 6.17. The number of ether oxygens (including phenoxy) is 1. The molecule has 21 heavy (non-hydrogen) atoms. The smallest absolute Gasteiger partial charge is 0.119 e. The van der Waals surface area contributed by atoms with Crippen molar-refractivity contribution in [2.75, 3.05) is 5.75 Å². The molecule has 0 saturated heterocycles. The van der Waals surface area contributed by atoms with E-state index < -0.39 is 0 Å². The Morgan fingerprint density at radius 2 is 1.71 bits per heavy atom. The van der Waals surface area contributed by atoms with Crippen molar-refractivity contribution in [3.63, 3.8) is 0 Å². The molecule has 0 fully saturated rings. The second kappa shape index (κ2) is 8.08. The predicted octanol–water partition coefficient (Wildman–Crippen LogP) is 3.77. The highest BCUT2D eigenvalue weighted by molar-refractivity contribution is 7.99. The largest absolute Gasteiger partial charge is 0.491 e. The van der Waals surface area contributed by atoms with Gasteiger partial charge in [0.1, 0.15) is 5.75 Å². The minimum atomic E-state index is 0.114. The van der Waals surface area contributed by atoms with E-state index in [4.69, 9.17) is 10.6 Å². The van der Waals surface area contributed by atoms with Crippen molar-refractivity contribution in [1.82, 2.24) is 5.43 Å². The maximum Gasteiger partial charge on any atom is 0.119 e. The number of nitrogens with one attached hydrogen (secondary N) is 1. The van der Waals surface area contributed by atoms with Gasteiger partial charge in [0.15, 0.2) is 0 Å². The van der Waals surface area contributed by atoms with Gasteiger partial charge in [0.25, 0.3) is 0 Å². The summed E-state index contributed by atoms with van der Waals surface area (Å²) in [6, 6.07) is 18.6. The lowest BCUT2D eigenvalue weighted by atomic mass is 10.1. The first-order valence-corrected chi connectivity index (χ1v) is 8.08. The molecule has 4 heteroatoms. The van der Waals surface area contributed by atoms with Crippen molar-refractivity contribution in [1.29, 1.82) is 0 Å². The van der Waals surface area contributed by atoms with Crippen molar-refractivity contribution in [2.24, 2.45) is 5.84 Å². The Kier molecular flexibility index (Phi) is 6.11. The fourth-order valence-electron chi connectivity index (χ4n) is 1.99. The monoisotopic (exact) mass is 302 g/mol. The average molecular weight is 302 g/mol. The average Bonchev–Trinajstić information content (AvgIpc) is 2.50. The van der Waals surface area contributed by atoms with Gasteiger partial charge in [-0.05, 0) is 43.7 Å². The van der Waals surface area contributed by atoms with Crippen LogP contribution in [0.4, 0.5) is 0 Å². The molecule has 0 amide bonds. The molecule has 2 rings (SSSR count). The van der Waals surface area contributed by atoms with Crippen molar-refractivity contribution in [3.05, 3.63) is 60.2 Å². The highest BCUT2D eigenvalue weighted by Gasteiger charge is 2.10. The van der Waals surface area contributed by atoms with Crippen LogP contribution in [0.5, 0.6) is 5.75 Å². The summed E-state index contributed by atoms with van der Waals surface area (Å²) in [5.74, 6) is 7.46. The highest BCUT2D eigenvalue weighted by Crippen LogP contribution is 2.25. The van der Waals surface area contributed by atoms with Gasteiger partial charge in [-0.2, -0.15) is 0 Å². The highest BCUT2D eigenvalue weighted by atomic mass is 32.2. The summed E-state index contributed by atoms with van der Waals surface area (Å²) in [7, 11) is 0. The van der Waals surface area contributed by atoms with Gasteiger partial charge in [-0.25, -0.2) is 0 Å². The van der Waals surface area contributed by atoms with E-state index in [1.165, 1.54) is 4.90 Å². The number of nitrogens with two attached hydrogens (primary N) is 1. The van der Waals surface area contributed by atoms with Crippen LogP contribution in [0, 0.1) is 0 Å². The van der Waals surface area contributed by atoms with Crippen LogP contribution in [0.15, 0.2) is 59.5 Å². The Bertz CT molecular complexity index is 528. The number of hydrogen-bond acceptors (Lipinski definition) is 4. The van der Waals surface area contributed by atoms with Gasteiger partial charge in [-0.15, -0.1) is 11.8 Å². The lowest BCUT2D eigenvalue weighted by Gasteiger charge is -2.17. The van der Waals surface area contributed by atoms with Crippen molar-refractivity contribution in [2.45, 2.75) is 30.9 Å². The molecule has 0 spiro atoms. The third-order valence-electron chi connectivity index (χ3n) is 3.02. The van der Waals surface area contributed by atoms with E-state index in [2.05, 4.69) is 29.7 Å². The molecule has 0 aliphatic rings. The fraction of sp³-hybridized carbons (Fsp3) is 0.294. The Balaban J connectivity index is 1.97. The van der Waals surface area contributed by atoms with Crippen molar-refractivity contribution < 1.29 is 4.74 Å². The van der Waals surface area contributed by atoms with Crippen LogP contribution >= 0.6 is 11.8 Å². The molecule has 0 aliphatic heterocycles. The molecule has 0 heterocycles. The van der Waals surface area contributed by atoms with E-state index in [9.17, 15) is 0 Å². The third kappa shape index (κ3) is 5.08. The van der Waals surface area contributed by atoms with Crippen LogP contribution in [0.1, 0.15) is 25.5 Å². The minimum absolute atomic E-state index is 0.114. The quantitative estimate of drug-likeness (QED) is 0.464. The number of rotatable bonds is 7. The summed E-state index contributed by atoms with van der Waals surface area (Å²) in [4.78, 5) is 1.25. The summed E-state index contributed by atoms with van der Waals surface area (Å²) in [5, 5.41) is 0. The van der Waals surface area contributed by atoms with Gasteiger partial charge < -0.3 is 4.74 Å². The molecule has 0 aromatic heterocycles. The van der Waals surface area contributed by atoms with Crippen LogP contribution in [0.2, 0.25) is 0 Å². The summed E-state index contributed by atoms with van der Waals surface area (Å²) >= 11 is 1.79. The summed E-state index contributed by atoms with van der Waals surface area (Å²) in [5.41, 5.74) is 4.05. The maximum absolute atomic E-state index is 5.69.